The van der Waals surface area contributed by atoms with Crippen molar-refractivity contribution in [1.82, 2.24) is 9.80 Å². The van der Waals surface area contributed by atoms with Crippen molar-refractivity contribution in [1.29, 1.82) is 0 Å². The fourth-order valence-electron chi connectivity index (χ4n) is 3.48. The van der Waals surface area contributed by atoms with Gasteiger partial charge in [0, 0.05) is 25.2 Å². The Balaban J connectivity index is 1.84. The fourth-order valence-corrected chi connectivity index (χ4v) is 3.48. The molecule has 1 atom stereocenters. The Labute approximate surface area is 106 Å². The van der Waals surface area contributed by atoms with Gasteiger partial charge in [0.2, 0.25) is 0 Å². The highest BCUT2D eigenvalue weighted by Gasteiger charge is 2.45. The number of nitrogens with two attached hydrogens (primary N) is 1. The van der Waals surface area contributed by atoms with Crippen molar-refractivity contribution in [2.75, 3.05) is 39.8 Å². The average Bonchev–Trinajstić information content (AvgIpc) is 3.07. The van der Waals surface area contributed by atoms with Crippen LogP contribution in [0.5, 0.6) is 0 Å². The topological polar surface area (TPSA) is 32.5 Å². The van der Waals surface area contributed by atoms with Gasteiger partial charge in [-0.2, -0.15) is 0 Å². The van der Waals surface area contributed by atoms with Crippen molar-refractivity contribution < 1.29 is 0 Å². The van der Waals surface area contributed by atoms with Crippen molar-refractivity contribution in [3.05, 3.63) is 0 Å². The van der Waals surface area contributed by atoms with Crippen LogP contribution in [0.1, 0.15) is 39.0 Å². The Morgan fingerprint density at radius 3 is 2.41 bits per heavy atom. The van der Waals surface area contributed by atoms with Gasteiger partial charge in [-0.25, -0.2) is 0 Å². The first kappa shape index (κ1) is 13.3. The van der Waals surface area contributed by atoms with Crippen molar-refractivity contribution in [3.8, 4) is 0 Å². The van der Waals surface area contributed by atoms with Crippen molar-refractivity contribution in [3.63, 3.8) is 0 Å². The molecule has 0 bridgehead atoms. The molecule has 0 aromatic heterocycles. The quantitative estimate of drug-likeness (QED) is 0.731. The summed E-state index contributed by atoms with van der Waals surface area (Å²) < 4.78 is 0. The smallest absolute Gasteiger partial charge is 0.0354 e. The molecular weight excluding hydrogens is 210 g/mol. The van der Waals surface area contributed by atoms with E-state index in [2.05, 4.69) is 23.8 Å². The van der Waals surface area contributed by atoms with Gasteiger partial charge < -0.3 is 10.6 Å². The first-order valence-corrected chi connectivity index (χ1v) is 7.36. The van der Waals surface area contributed by atoms with Crippen molar-refractivity contribution in [2.24, 2.45) is 11.7 Å². The zero-order chi connectivity index (χ0) is 12.3. The largest absolute Gasteiger partial charge is 0.329 e. The van der Waals surface area contributed by atoms with Gasteiger partial charge in [0.1, 0.15) is 0 Å². The Bertz CT molecular complexity index is 228. The zero-order valence-electron chi connectivity index (χ0n) is 11.6. The first-order chi connectivity index (χ1) is 8.23. The number of likely N-dealkylation sites (N-methyl/N-ethyl adjacent to an activating group) is 1. The molecule has 1 heterocycles. The summed E-state index contributed by atoms with van der Waals surface area (Å²) in [6.07, 6.45) is 6.76. The molecule has 1 aliphatic heterocycles. The maximum Gasteiger partial charge on any atom is 0.0354 e. The van der Waals surface area contributed by atoms with E-state index in [1.54, 1.807) is 0 Å². The van der Waals surface area contributed by atoms with Gasteiger partial charge in [0.25, 0.3) is 0 Å². The fraction of sp³-hybridized carbons (Fsp3) is 1.00. The van der Waals surface area contributed by atoms with Crippen LogP contribution in [0.25, 0.3) is 0 Å². The second-order valence-corrected chi connectivity index (χ2v) is 5.91. The van der Waals surface area contributed by atoms with Gasteiger partial charge in [-0.15, -0.1) is 0 Å². The summed E-state index contributed by atoms with van der Waals surface area (Å²) in [5.74, 6) is 0.862. The molecule has 0 aromatic carbocycles. The lowest BCUT2D eigenvalue weighted by Crippen LogP contribution is -2.55. The molecule has 2 aliphatic rings. The molecule has 17 heavy (non-hydrogen) atoms. The predicted octanol–water partition coefficient (Wildman–Crippen LogP) is 1.53. The predicted molar refractivity (Wildman–Crippen MR) is 73.1 cm³/mol. The average molecular weight is 239 g/mol. The first-order valence-electron chi connectivity index (χ1n) is 7.36. The molecule has 2 fully saturated rings. The van der Waals surface area contributed by atoms with E-state index in [1.807, 2.05) is 0 Å². The van der Waals surface area contributed by atoms with Gasteiger partial charge in [0.05, 0.1) is 0 Å². The molecule has 100 valence electrons. The maximum atomic E-state index is 6.09. The van der Waals surface area contributed by atoms with E-state index in [-0.39, 0.29) is 0 Å². The molecule has 0 spiro atoms. The molecule has 2 N–H and O–H groups in total. The zero-order valence-corrected chi connectivity index (χ0v) is 11.6. The van der Waals surface area contributed by atoms with Gasteiger partial charge >= 0.3 is 0 Å². The van der Waals surface area contributed by atoms with Crippen LogP contribution in [0.3, 0.4) is 0 Å². The molecule has 1 saturated heterocycles. The standard InChI is InChI=1S/C14H29N3/c1-3-14(12-15,13-6-7-13)16(2)10-11-17-8-4-5-9-17/h13H,3-12,15H2,1-2H3. The Kier molecular flexibility index (Phi) is 4.45. The second-order valence-electron chi connectivity index (χ2n) is 5.91. The van der Waals surface area contributed by atoms with Crippen LogP contribution in [0.15, 0.2) is 0 Å². The second kappa shape index (κ2) is 5.68. The van der Waals surface area contributed by atoms with Crippen LogP contribution in [0.4, 0.5) is 0 Å². The Morgan fingerprint density at radius 2 is 1.94 bits per heavy atom. The van der Waals surface area contributed by atoms with Gasteiger partial charge in [-0.1, -0.05) is 6.92 Å². The van der Waals surface area contributed by atoms with Gasteiger partial charge in [-0.05, 0) is 58.2 Å². The van der Waals surface area contributed by atoms with Crippen LogP contribution in [0, 0.1) is 5.92 Å². The number of hydrogen-bond acceptors (Lipinski definition) is 3. The number of likely N-dealkylation sites (tertiary alicyclic amines) is 1. The van der Waals surface area contributed by atoms with Crippen LogP contribution in [-0.2, 0) is 0 Å². The highest BCUT2D eigenvalue weighted by Crippen LogP contribution is 2.44. The normalized spacial score (nSPS) is 25.4. The molecule has 1 aliphatic carbocycles. The lowest BCUT2D eigenvalue weighted by Gasteiger charge is -2.42. The summed E-state index contributed by atoms with van der Waals surface area (Å²) in [7, 11) is 2.28. The molecule has 0 radical (unpaired) electrons. The minimum absolute atomic E-state index is 0.291. The van der Waals surface area contributed by atoms with E-state index in [4.69, 9.17) is 5.73 Å². The highest BCUT2D eigenvalue weighted by molar-refractivity contribution is 5.01. The van der Waals surface area contributed by atoms with Crippen LogP contribution < -0.4 is 5.73 Å². The molecule has 1 saturated carbocycles. The molecule has 2 rings (SSSR count). The van der Waals surface area contributed by atoms with E-state index < -0.39 is 0 Å². The highest BCUT2D eigenvalue weighted by atomic mass is 15.2. The number of nitrogens with zero attached hydrogens (tertiary/aromatic N) is 2. The Morgan fingerprint density at radius 1 is 1.29 bits per heavy atom. The molecule has 1 unspecified atom stereocenters. The summed E-state index contributed by atoms with van der Waals surface area (Å²) in [5, 5.41) is 0. The van der Waals surface area contributed by atoms with E-state index in [1.165, 1.54) is 58.3 Å². The SMILES string of the molecule is CCC(CN)(C1CC1)N(C)CCN1CCCC1. The summed E-state index contributed by atoms with van der Waals surface area (Å²) in [5.41, 5.74) is 6.38. The lowest BCUT2D eigenvalue weighted by atomic mass is 9.88. The van der Waals surface area contributed by atoms with E-state index in [9.17, 15) is 0 Å². The summed E-state index contributed by atoms with van der Waals surface area (Å²) in [4.78, 5) is 5.16. The van der Waals surface area contributed by atoms with Crippen molar-refractivity contribution >= 4 is 0 Å². The molecule has 0 amide bonds. The molecule has 3 heteroatoms. The van der Waals surface area contributed by atoms with Crippen molar-refractivity contribution in [2.45, 2.75) is 44.6 Å². The van der Waals surface area contributed by atoms with E-state index in [0.29, 0.717) is 5.54 Å². The summed E-state index contributed by atoms with van der Waals surface area (Å²) >= 11 is 0. The molecular formula is C14H29N3. The lowest BCUT2D eigenvalue weighted by molar-refractivity contribution is 0.0862. The van der Waals surface area contributed by atoms with E-state index >= 15 is 0 Å². The van der Waals surface area contributed by atoms with Crippen LogP contribution in [0.2, 0.25) is 0 Å². The minimum atomic E-state index is 0.291. The maximum absolute atomic E-state index is 6.09. The third kappa shape index (κ3) is 2.83. The third-order valence-electron chi connectivity index (χ3n) is 5.01. The monoisotopic (exact) mass is 239 g/mol. The van der Waals surface area contributed by atoms with Crippen LogP contribution in [-0.4, -0.2) is 55.1 Å². The Hall–Kier alpha value is -0.120. The van der Waals surface area contributed by atoms with E-state index in [0.717, 1.165) is 12.5 Å². The summed E-state index contributed by atoms with van der Waals surface area (Å²) in [6.45, 7) is 8.15. The molecule has 0 aromatic rings. The van der Waals surface area contributed by atoms with Gasteiger partial charge in [0.15, 0.2) is 0 Å². The summed E-state index contributed by atoms with van der Waals surface area (Å²) in [6, 6.07) is 0. The van der Waals surface area contributed by atoms with Crippen LogP contribution >= 0.6 is 0 Å². The number of hydrogen-bond donors (Lipinski definition) is 1. The third-order valence-corrected chi connectivity index (χ3v) is 5.01. The number of rotatable bonds is 7. The minimum Gasteiger partial charge on any atom is -0.329 e. The molecule has 3 nitrogen and oxygen atoms in total. The van der Waals surface area contributed by atoms with Gasteiger partial charge in [-0.3, -0.25) is 4.90 Å².